The first-order valence-electron chi connectivity index (χ1n) is 6.84. The Morgan fingerprint density at radius 2 is 1.31 bits per heavy atom. The van der Waals surface area contributed by atoms with E-state index in [0.717, 1.165) is 6.42 Å². The summed E-state index contributed by atoms with van der Waals surface area (Å²) in [6.45, 7) is 2.55. The van der Waals surface area contributed by atoms with Gasteiger partial charge in [-0.2, -0.15) is 0 Å². The lowest BCUT2D eigenvalue weighted by Crippen LogP contribution is -1.83. The van der Waals surface area contributed by atoms with E-state index in [1.807, 2.05) is 0 Å². The first-order chi connectivity index (χ1) is 7.91. The maximum atomic E-state index is 8.61. The molecule has 0 saturated carbocycles. The number of unbranched alkanes of at least 4 members (excludes halogenated alkanes) is 7. The fourth-order valence-electron chi connectivity index (χ4n) is 1.60. The topological polar surface area (TPSA) is 20.2 Å². The Kier molecular flexibility index (Phi) is 13.9. The lowest BCUT2D eigenvalue weighted by Gasteiger charge is -1.98. The van der Waals surface area contributed by atoms with Crippen molar-refractivity contribution in [2.45, 2.75) is 64.7 Å². The Bertz CT molecular complexity index is 170. The van der Waals surface area contributed by atoms with Crippen LogP contribution in [0.25, 0.3) is 0 Å². The van der Waals surface area contributed by atoms with Crippen molar-refractivity contribution >= 4 is 0 Å². The van der Waals surface area contributed by atoms with Gasteiger partial charge in [0, 0.05) is 6.61 Å². The third-order valence-corrected chi connectivity index (χ3v) is 2.62. The van der Waals surface area contributed by atoms with Crippen molar-refractivity contribution in [2.75, 3.05) is 6.61 Å². The van der Waals surface area contributed by atoms with Crippen LogP contribution in [-0.2, 0) is 0 Å². The number of hydrogen-bond donors (Lipinski definition) is 1. The SMILES string of the molecule is CCC/C=C/C=C/CCCCCCCCO. The molecule has 0 aliphatic carbocycles. The van der Waals surface area contributed by atoms with Crippen LogP contribution in [0.15, 0.2) is 24.3 Å². The van der Waals surface area contributed by atoms with Gasteiger partial charge in [0.15, 0.2) is 0 Å². The van der Waals surface area contributed by atoms with Crippen molar-refractivity contribution < 1.29 is 5.11 Å². The first-order valence-corrected chi connectivity index (χ1v) is 6.84. The third-order valence-electron chi connectivity index (χ3n) is 2.62. The summed E-state index contributed by atoms with van der Waals surface area (Å²) in [5.74, 6) is 0. The van der Waals surface area contributed by atoms with Gasteiger partial charge < -0.3 is 5.11 Å². The summed E-state index contributed by atoms with van der Waals surface area (Å²) < 4.78 is 0. The number of aliphatic hydroxyl groups is 1. The monoisotopic (exact) mass is 224 g/mol. The molecule has 16 heavy (non-hydrogen) atoms. The first kappa shape index (κ1) is 15.4. The molecule has 0 aromatic rings. The third kappa shape index (κ3) is 13.4. The Morgan fingerprint density at radius 1 is 0.750 bits per heavy atom. The maximum absolute atomic E-state index is 8.61. The van der Waals surface area contributed by atoms with Gasteiger partial charge >= 0.3 is 0 Å². The molecule has 1 nitrogen and oxygen atoms in total. The largest absolute Gasteiger partial charge is 0.396 e. The zero-order valence-corrected chi connectivity index (χ0v) is 10.8. The van der Waals surface area contributed by atoms with Gasteiger partial charge in [-0.25, -0.2) is 0 Å². The molecular weight excluding hydrogens is 196 g/mol. The minimum Gasteiger partial charge on any atom is -0.396 e. The van der Waals surface area contributed by atoms with E-state index < -0.39 is 0 Å². The van der Waals surface area contributed by atoms with Crippen LogP contribution in [0.3, 0.4) is 0 Å². The van der Waals surface area contributed by atoms with Gasteiger partial charge in [0.1, 0.15) is 0 Å². The van der Waals surface area contributed by atoms with Gasteiger partial charge in [-0.1, -0.05) is 63.3 Å². The zero-order valence-electron chi connectivity index (χ0n) is 10.8. The van der Waals surface area contributed by atoms with Crippen molar-refractivity contribution in [1.29, 1.82) is 0 Å². The van der Waals surface area contributed by atoms with Gasteiger partial charge in [0.25, 0.3) is 0 Å². The van der Waals surface area contributed by atoms with Crippen molar-refractivity contribution in [3.8, 4) is 0 Å². The van der Waals surface area contributed by atoms with E-state index in [1.165, 1.54) is 51.4 Å². The molecular formula is C15H28O. The Balaban J connectivity index is 3.08. The van der Waals surface area contributed by atoms with Crippen molar-refractivity contribution in [3.05, 3.63) is 24.3 Å². The predicted octanol–water partition coefficient (Wildman–Crippen LogP) is 4.62. The van der Waals surface area contributed by atoms with Crippen molar-refractivity contribution in [1.82, 2.24) is 0 Å². The highest BCUT2D eigenvalue weighted by Gasteiger charge is 1.89. The molecule has 0 bridgehead atoms. The lowest BCUT2D eigenvalue weighted by atomic mass is 10.1. The molecule has 0 aromatic heterocycles. The van der Waals surface area contributed by atoms with Crippen LogP contribution in [0.4, 0.5) is 0 Å². The molecule has 1 heteroatoms. The quantitative estimate of drug-likeness (QED) is 0.401. The second-order valence-electron chi connectivity index (χ2n) is 4.28. The van der Waals surface area contributed by atoms with Crippen molar-refractivity contribution in [2.24, 2.45) is 0 Å². The van der Waals surface area contributed by atoms with E-state index in [1.54, 1.807) is 0 Å². The van der Waals surface area contributed by atoms with E-state index in [9.17, 15) is 0 Å². The number of allylic oxidation sites excluding steroid dienone is 4. The minimum absolute atomic E-state index is 0.354. The Hall–Kier alpha value is -0.560. The van der Waals surface area contributed by atoms with Crippen LogP contribution in [0.1, 0.15) is 64.7 Å². The van der Waals surface area contributed by atoms with Crippen LogP contribution in [0.5, 0.6) is 0 Å². The van der Waals surface area contributed by atoms with Crippen LogP contribution in [-0.4, -0.2) is 11.7 Å². The summed E-state index contributed by atoms with van der Waals surface area (Å²) in [6.07, 6.45) is 19.8. The highest BCUT2D eigenvalue weighted by Crippen LogP contribution is 2.07. The van der Waals surface area contributed by atoms with E-state index in [0.29, 0.717) is 6.61 Å². The second-order valence-corrected chi connectivity index (χ2v) is 4.28. The van der Waals surface area contributed by atoms with Gasteiger partial charge in [-0.3, -0.25) is 0 Å². The summed E-state index contributed by atoms with van der Waals surface area (Å²) in [6, 6.07) is 0. The Labute approximate surface area is 101 Å². The van der Waals surface area contributed by atoms with E-state index >= 15 is 0 Å². The molecule has 0 spiro atoms. The van der Waals surface area contributed by atoms with Gasteiger partial charge in [-0.05, 0) is 25.7 Å². The molecule has 0 radical (unpaired) electrons. The number of aliphatic hydroxyl groups excluding tert-OH is 1. The molecule has 0 aromatic carbocycles. The second kappa shape index (κ2) is 14.4. The summed E-state index contributed by atoms with van der Waals surface area (Å²) in [5.41, 5.74) is 0. The molecule has 0 aliphatic rings. The Morgan fingerprint density at radius 3 is 1.94 bits per heavy atom. The average Bonchev–Trinajstić information content (AvgIpc) is 2.31. The molecule has 0 atom stereocenters. The maximum Gasteiger partial charge on any atom is 0.0431 e. The molecule has 0 amide bonds. The van der Waals surface area contributed by atoms with Gasteiger partial charge in [-0.15, -0.1) is 0 Å². The highest BCUT2D eigenvalue weighted by atomic mass is 16.2. The molecule has 0 heterocycles. The molecule has 1 N–H and O–H groups in total. The standard InChI is InChI=1S/C15H28O/c1-2-3-4-5-6-7-8-9-10-11-12-13-14-15-16/h4-7,16H,2-3,8-15H2,1H3/b5-4+,7-6+. The molecule has 0 saturated heterocycles. The number of rotatable bonds is 11. The van der Waals surface area contributed by atoms with Crippen LogP contribution in [0, 0.1) is 0 Å². The summed E-state index contributed by atoms with van der Waals surface area (Å²) >= 11 is 0. The van der Waals surface area contributed by atoms with Crippen LogP contribution in [0.2, 0.25) is 0 Å². The molecule has 0 rings (SSSR count). The summed E-state index contributed by atoms with van der Waals surface area (Å²) in [7, 11) is 0. The van der Waals surface area contributed by atoms with E-state index in [4.69, 9.17) is 5.11 Å². The van der Waals surface area contributed by atoms with Gasteiger partial charge in [0.2, 0.25) is 0 Å². The average molecular weight is 224 g/mol. The van der Waals surface area contributed by atoms with E-state index in [2.05, 4.69) is 31.2 Å². The predicted molar refractivity (Wildman–Crippen MR) is 72.6 cm³/mol. The number of hydrogen-bond acceptors (Lipinski definition) is 1. The zero-order chi connectivity index (χ0) is 11.9. The fraction of sp³-hybridized carbons (Fsp3) is 0.733. The molecule has 0 fully saturated rings. The van der Waals surface area contributed by atoms with Crippen LogP contribution >= 0.6 is 0 Å². The smallest absolute Gasteiger partial charge is 0.0431 e. The summed E-state index contributed by atoms with van der Waals surface area (Å²) in [5, 5.41) is 8.61. The minimum atomic E-state index is 0.354. The molecule has 0 unspecified atom stereocenters. The summed E-state index contributed by atoms with van der Waals surface area (Å²) in [4.78, 5) is 0. The van der Waals surface area contributed by atoms with Gasteiger partial charge in [0.05, 0.1) is 0 Å². The molecule has 0 aliphatic heterocycles. The van der Waals surface area contributed by atoms with Crippen LogP contribution < -0.4 is 0 Å². The van der Waals surface area contributed by atoms with E-state index in [-0.39, 0.29) is 0 Å². The lowest BCUT2D eigenvalue weighted by molar-refractivity contribution is 0.282. The van der Waals surface area contributed by atoms with Crippen molar-refractivity contribution in [3.63, 3.8) is 0 Å². The molecule has 94 valence electrons. The highest BCUT2D eigenvalue weighted by molar-refractivity contribution is 5.02. The fourth-order valence-corrected chi connectivity index (χ4v) is 1.60. The normalized spacial score (nSPS) is 11.9.